The molecule has 1 saturated carbocycles. The third-order valence-corrected chi connectivity index (χ3v) is 3.90. The van der Waals surface area contributed by atoms with Crippen molar-refractivity contribution in [3.05, 3.63) is 23.8 Å². The van der Waals surface area contributed by atoms with E-state index in [2.05, 4.69) is 0 Å². The molecule has 2 N–H and O–H groups in total. The van der Waals surface area contributed by atoms with Gasteiger partial charge in [-0.05, 0) is 37.0 Å². The summed E-state index contributed by atoms with van der Waals surface area (Å²) in [5, 5.41) is 0. The lowest BCUT2D eigenvalue weighted by Gasteiger charge is -2.22. The fraction of sp³-hybridized carbons (Fsp3) is 0.562. The molecular weight excluding hydrogens is 252 g/mol. The van der Waals surface area contributed by atoms with Gasteiger partial charge >= 0.3 is 5.97 Å². The van der Waals surface area contributed by atoms with Gasteiger partial charge in [0.1, 0.15) is 0 Å². The number of anilines is 2. The highest BCUT2D eigenvalue weighted by molar-refractivity contribution is 5.96. The van der Waals surface area contributed by atoms with Gasteiger partial charge in [-0.15, -0.1) is 0 Å². The fourth-order valence-corrected chi connectivity index (χ4v) is 2.73. The number of rotatable bonds is 4. The summed E-state index contributed by atoms with van der Waals surface area (Å²) in [4.78, 5) is 14.2. The van der Waals surface area contributed by atoms with Crippen LogP contribution < -0.4 is 10.6 Å². The smallest absolute Gasteiger partial charge is 0.340 e. The van der Waals surface area contributed by atoms with Crippen molar-refractivity contribution >= 4 is 17.3 Å². The van der Waals surface area contributed by atoms with Crippen LogP contribution in [0.2, 0.25) is 0 Å². The van der Waals surface area contributed by atoms with Gasteiger partial charge in [-0.3, -0.25) is 0 Å². The largest absolute Gasteiger partial charge is 0.462 e. The first kappa shape index (κ1) is 14.7. The van der Waals surface area contributed by atoms with E-state index in [1.807, 2.05) is 25.1 Å². The lowest BCUT2D eigenvalue weighted by Crippen LogP contribution is -2.19. The van der Waals surface area contributed by atoms with Crippen LogP contribution in [0.4, 0.5) is 11.4 Å². The lowest BCUT2D eigenvalue weighted by molar-refractivity contribution is 0.0411. The molecule has 0 radical (unpaired) electrons. The SMILES string of the molecule is CN(C)c1ccc(N)cc1C(=O)OCC1CCCCC1. The van der Waals surface area contributed by atoms with Crippen LogP contribution in [-0.4, -0.2) is 26.7 Å². The van der Waals surface area contributed by atoms with Gasteiger partial charge in [-0.1, -0.05) is 19.3 Å². The Morgan fingerprint density at radius 3 is 2.65 bits per heavy atom. The molecule has 0 saturated heterocycles. The number of carbonyl (C=O) groups is 1. The standard InChI is InChI=1S/C16H24N2O2/c1-18(2)15-9-8-13(17)10-14(15)16(19)20-11-12-6-4-3-5-7-12/h8-10,12H,3-7,11,17H2,1-2H3. The van der Waals surface area contributed by atoms with Gasteiger partial charge in [-0.25, -0.2) is 4.79 Å². The molecule has 1 aromatic rings. The van der Waals surface area contributed by atoms with E-state index in [9.17, 15) is 4.79 Å². The second-order valence-electron chi connectivity index (χ2n) is 5.77. The Kier molecular flexibility index (Phi) is 4.88. The van der Waals surface area contributed by atoms with E-state index in [0.29, 0.717) is 23.8 Å². The average Bonchev–Trinajstić information content (AvgIpc) is 2.45. The number of benzene rings is 1. The van der Waals surface area contributed by atoms with Gasteiger partial charge in [0.2, 0.25) is 0 Å². The zero-order valence-corrected chi connectivity index (χ0v) is 12.4. The van der Waals surface area contributed by atoms with Gasteiger partial charge in [0.15, 0.2) is 0 Å². The molecule has 4 heteroatoms. The maximum atomic E-state index is 12.3. The molecule has 0 amide bonds. The van der Waals surface area contributed by atoms with Crippen molar-refractivity contribution in [2.75, 3.05) is 31.3 Å². The van der Waals surface area contributed by atoms with Gasteiger partial charge in [0.25, 0.3) is 0 Å². The lowest BCUT2D eigenvalue weighted by atomic mass is 9.90. The Bertz CT molecular complexity index is 466. The minimum Gasteiger partial charge on any atom is -0.462 e. The maximum absolute atomic E-state index is 12.3. The van der Waals surface area contributed by atoms with Crippen molar-refractivity contribution in [3.63, 3.8) is 0 Å². The van der Waals surface area contributed by atoms with Gasteiger partial charge < -0.3 is 15.4 Å². The Balaban J connectivity index is 2.02. The molecule has 1 aliphatic carbocycles. The van der Waals surface area contributed by atoms with Crippen molar-refractivity contribution in [1.82, 2.24) is 0 Å². The number of carbonyl (C=O) groups excluding carboxylic acids is 1. The van der Waals surface area contributed by atoms with Crippen molar-refractivity contribution in [3.8, 4) is 0 Å². The van der Waals surface area contributed by atoms with Crippen molar-refractivity contribution in [1.29, 1.82) is 0 Å². The molecule has 0 aromatic heterocycles. The first-order valence-corrected chi connectivity index (χ1v) is 7.32. The molecule has 110 valence electrons. The van der Waals surface area contributed by atoms with E-state index in [1.54, 1.807) is 12.1 Å². The van der Waals surface area contributed by atoms with Crippen LogP contribution in [0.15, 0.2) is 18.2 Å². The highest BCUT2D eigenvalue weighted by Crippen LogP contribution is 2.26. The van der Waals surface area contributed by atoms with Crippen LogP contribution in [0.3, 0.4) is 0 Å². The number of nitrogens with two attached hydrogens (primary N) is 1. The van der Waals surface area contributed by atoms with Crippen LogP contribution in [-0.2, 0) is 4.74 Å². The molecule has 0 heterocycles. The summed E-state index contributed by atoms with van der Waals surface area (Å²) >= 11 is 0. The van der Waals surface area contributed by atoms with Crippen LogP contribution in [0.1, 0.15) is 42.5 Å². The molecule has 0 atom stereocenters. The molecule has 1 aromatic carbocycles. The number of hydrogen-bond donors (Lipinski definition) is 1. The number of nitrogens with zero attached hydrogens (tertiary/aromatic N) is 1. The fourth-order valence-electron chi connectivity index (χ4n) is 2.73. The van der Waals surface area contributed by atoms with E-state index >= 15 is 0 Å². The highest BCUT2D eigenvalue weighted by atomic mass is 16.5. The van der Waals surface area contributed by atoms with E-state index < -0.39 is 0 Å². The van der Waals surface area contributed by atoms with Crippen molar-refractivity contribution < 1.29 is 9.53 Å². The third kappa shape index (κ3) is 3.65. The van der Waals surface area contributed by atoms with Crippen LogP contribution in [0.5, 0.6) is 0 Å². The monoisotopic (exact) mass is 276 g/mol. The minimum atomic E-state index is -0.272. The van der Waals surface area contributed by atoms with E-state index in [0.717, 1.165) is 5.69 Å². The van der Waals surface area contributed by atoms with Crippen LogP contribution >= 0.6 is 0 Å². The molecule has 0 aliphatic heterocycles. The predicted molar refractivity (Wildman–Crippen MR) is 82.0 cm³/mol. The number of hydrogen-bond acceptors (Lipinski definition) is 4. The summed E-state index contributed by atoms with van der Waals surface area (Å²) in [5.74, 6) is 0.253. The first-order chi connectivity index (χ1) is 9.58. The summed E-state index contributed by atoms with van der Waals surface area (Å²) in [6.07, 6.45) is 6.16. The number of ether oxygens (including phenoxy) is 1. The Hall–Kier alpha value is -1.71. The molecule has 1 fully saturated rings. The second-order valence-corrected chi connectivity index (χ2v) is 5.77. The molecule has 4 nitrogen and oxygen atoms in total. The predicted octanol–water partition coefficient (Wildman–Crippen LogP) is 3.07. The number of esters is 1. The molecule has 2 rings (SSSR count). The average molecular weight is 276 g/mol. The molecule has 0 bridgehead atoms. The molecular formula is C16H24N2O2. The second kappa shape index (κ2) is 6.64. The van der Waals surface area contributed by atoms with Gasteiger partial charge in [-0.2, -0.15) is 0 Å². The quantitative estimate of drug-likeness (QED) is 0.678. The molecule has 0 unspecified atom stereocenters. The summed E-state index contributed by atoms with van der Waals surface area (Å²) in [6, 6.07) is 5.35. The third-order valence-electron chi connectivity index (χ3n) is 3.90. The molecule has 1 aliphatic rings. The Morgan fingerprint density at radius 1 is 1.30 bits per heavy atom. The first-order valence-electron chi connectivity index (χ1n) is 7.32. The van der Waals surface area contributed by atoms with Crippen LogP contribution in [0.25, 0.3) is 0 Å². The summed E-state index contributed by atoms with van der Waals surface area (Å²) in [7, 11) is 3.81. The van der Waals surface area contributed by atoms with Gasteiger partial charge in [0, 0.05) is 19.8 Å². The summed E-state index contributed by atoms with van der Waals surface area (Å²) < 4.78 is 5.49. The van der Waals surface area contributed by atoms with Crippen molar-refractivity contribution in [2.45, 2.75) is 32.1 Å². The molecule has 0 spiro atoms. The highest BCUT2D eigenvalue weighted by Gasteiger charge is 2.19. The molecule has 20 heavy (non-hydrogen) atoms. The van der Waals surface area contributed by atoms with Crippen LogP contribution in [0, 0.1) is 5.92 Å². The summed E-state index contributed by atoms with van der Waals surface area (Å²) in [6.45, 7) is 0.528. The Labute approximate surface area is 120 Å². The maximum Gasteiger partial charge on any atom is 0.340 e. The topological polar surface area (TPSA) is 55.6 Å². The van der Waals surface area contributed by atoms with E-state index in [1.165, 1.54) is 32.1 Å². The minimum absolute atomic E-state index is 0.272. The Morgan fingerprint density at radius 2 is 2.00 bits per heavy atom. The van der Waals surface area contributed by atoms with E-state index in [4.69, 9.17) is 10.5 Å². The zero-order chi connectivity index (χ0) is 14.5. The van der Waals surface area contributed by atoms with E-state index in [-0.39, 0.29) is 5.97 Å². The van der Waals surface area contributed by atoms with Gasteiger partial charge in [0.05, 0.1) is 17.9 Å². The summed E-state index contributed by atoms with van der Waals surface area (Å²) in [5.41, 5.74) is 7.75. The zero-order valence-electron chi connectivity index (χ0n) is 12.4. The normalized spacial score (nSPS) is 15.9. The number of nitrogen functional groups attached to an aromatic ring is 1. The van der Waals surface area contributed by atoms with Crippen molar-refractivity contribution in [2.24, 2.45) is 5.92 Å².